The minimum atomic E-state index is -0.485. The van der Waals surface area contributed by atoms with Crippen molar-refractivity contribution in [1.82, 2.24) is 4.90 Å². The predicted molar refractivity (Wildman–Crippen MR) is 94.0 cm³/mol. The van der Waals surface area contributed by atoms with Gasteiger partial charge in [0.1, 0.15) is 5.60 Å². The second kappa shape index (κ2) is 6.85. The maximum absolute atomic E-state index is 12.1. The van der Waals surface area contributed by atoms with E-state index < -0.39 is 5.60 Å². The van der Waals surface area contributed by atoms with Crippen molar-refractivity contribution in [2.75, 3.05) is 18.4 Å². The number of benzene rings is 1. The summed E-state index contributed by atoms with van der Waals surface area (Å²) in [6.07, 6.45) is 0.534. The fraction of sp³-hybridized carbons (Fsp3) is 0.533. The van der Waals surface area contributed by atoms with Crippen molar-refractivity contribution in [1.29, 1.82) is 0 Å². The average Bonchev–Trinajstić information content (AvgIpc) is 2.80. The molecule has 122 valence electrons. The van der Waals surface area contributed by atoms with E-state index in [0.717, 1.165) is 10.9 Å². The molecule has 0 bridgehead atoms. The highest BCUT2D eigenvalue weighted by Gasteiger charge is 2.30. The summed E-state index contributed by atoms with van der Waals surface area (Å²) in [6.45, 7) is 6.80. The Kier molecular flexibility index (Phi) is 5.51. The molecule has 0 aliphatic carbocycles. The third kappa shape index (κ3) is 4.67. The van der Waals surface area contributed by atoms with E-state index in [-0.39, 0.29) is 12.1 Å². The molecule has 0 radical (unpaired) electrons. The van der Waals surface area contributed by atoms with Crippen LogP contribution in [-0.4, -0.2) is 35.7 Å². The first kappa shape index (κ1) is 17.7. The third-order valence-electron chi connectivity index (χ3n) is 3.20. The Morgan fingerprint density at radius 2 is 1.95 bits per heavy atom. The number of carbonyl (C=O) groups is 1. The number of nitrogens with zero attached hydrogens (tertiary/aromatic N) is 1. The van der Waals surface area contributed by atoms with Crippen LogP contribution in [0.1, 0.15) is 27.2 Å². The van der Waals surface area contributed by atoms with Crippen molar-refractivity contribution in [3.05, 3.63) is 26.7 Å². The van der Waals surface area contributed by atoms with Crippen LogP contribution >= 0.6 is 39.1 Å². The van der Waals surface area contributed by atoms with Crippen molar-refractivity contribution in [2.24, 2.45) is 0 Å². The first-order valence-corrected chi connectivity index (χ1v) is 8.59. The van der Waals surface area contributed by atoms with Crippen LogP contribution in [0.2, 0.25) is 10.0 Å². The van der Waals surface area contributed by atoms with Crippen LogP contribution < -0.4 is 5.32 Å². The number of hydrogen-bond donors (Lipinski definition) is 1. The molecule has 1 N–H and O–H groups in total. The minimum Gasteiger partial charge on any atom is -0.444 e. The van der Waals surface area contributed by atoms with Gasteiger partial charge < -0.3 is 15.0 Å². The van der Waals surface area contributed by atoms with E-state index in [1.165, 1.54) is 0 Å². The first-order chi connectivity index (χ1) is 10.2. The maximum Gasteiger partial charge on any atom is 0.410 e. The molecule has 1 unspecified atom stereocenters. The van der Waals surface area contributed by atoms with Gasteiger partial charge in [-0.2, -0.15) is 0 Å². The normalized spacial score (nSPS) is 18.5. The molecule has 1 aromatic carbocycles. The topological polar surface area (TPSA) is 41.6 Å². The van der Waals surface area contributed by atoms with Crippen LogP contribution in [0.25, 0.3) is 0 Å². The quantitative estimate of drug-likeness (QED) is 0.731. The molecule has 2 rings (SSSR count). The van der Waals surface area contributed by atoms with Crippen LogP contribution in [-0.2, 0) is 4.74 Å². The number of amides is 1. The molecule has 1 aliphatic heterocycles. The molecule has 1 heterocycles. The van der Waals surface area contributed by atoms with Gasteiger partial charge in [0.25, 0.3) is 0 Å². The highest BCUT2D eigenvalue weighted by molar-refractivity contribution is 9.10. The van der Waals surface area contributed by atoms with Crippen molar-refractivity contribution >= 4 is 50.9 Å². The monoisotopic (exact) mass is 408 g/mol. The number of nitrogens with one attached hydrogen (secondary N) is 1. The summed E-state index contributed by atoms with van der Waals surface area (Å²) in [5.41, 5.74) is 0.212. The largest absolute Gasteiger partial charge is 0.444 e. The van der Waals surface area contributed by atoms with Crippen molar-refractivity contribution in [3.63, 3.8) is 0 Å². The van der Waals surface area contributed by atoms with E-state index >= 15 is 0 Å². The first-order valence-electron chi connectivity index (χ1n) is 7.05. The lowest BCUT2D eigenvalue weighted by Gasteiger charge is -2.24. The summed E-state index contributed by atoms with van der Waals surface area (Å²) in [4.78, 5) is 13.8. The fourth-order valence-electron chi connectivity index (χ4n) is 2.25. The molecule has 22 heavy (non-hydrogen) atoms. The number of rotatable bonds is 2. The van der Waals surface area contributed by atoms with E-state index in [2.05, 4.69) is 21.2 Å². The molecule has 1 atom stereocenters. The number of ether oxygens (including phenoxy) is 1. The Balaban J connectivity index is 1.99. The summed E-state index contributed by atoms with van der Waals surface area (Å²) < 4.78 is 6.21. The van der Waals surface area contributed by atoms with Crippen molar-refractivity contribution < 1.29 is 9.53 Å². The SMILES string of the molecule is CC(C)(C)OC(=O)N1CCC(Nc2c(Cl)cc(Br)cc2Cl)C1. The van der Waals surface area contributed by atoms with Crippen LogP contribution in [0, 0.1) is 0 Å². The van der Waals surface area contributed by atoms with Gasteiger partial charge in [0.15, 0.2) is 0 Å². The number of halogens is 3. The Morgan fingerprint density at radius 3 is 2.50 bits per heavy atom. The van der Waals surface area contributed by atoms with E-state index in [0.29, 0.717) is 28.8 Å². The average molecular weight is 410 g/mol. The fourth-order valence-corrected chi connectivity index (χ4v) is 3.57. The summed E-state index contributed by atoms with van der Waals surface area (Å²) in [6, 6.07) is 3.68. The van der Waals surface area contributed by atoms with E-state index in [1.54, 1.807) is 17.0 Å². The number of carbonyl (C=O) groups excluding carboxylic acids is 1. The van der Waals surface area contributed by atoms with Gasteiger partial charge in [0.2, 0.25) is 0 Å². The zero-order valence-electron chi connectivity index (χ0n) is 12.8. The molecule has 1 fully saturated rings. The van der Waals surface area contributed by atoms with Crippen LogP contribution in [0.5, 0.6) is 0 Å². The molecule has 0 aromatic heterocycles. The Hall–Kier alpha value is -0.650. The lowest BCUT2D eigenvalue weighted by atomic mass is 10.2. The number of hydrogen-bond acceptors (Lipinski definition) is 3. The van der Waals surface area contributed by atoms with Gasteiger partial charge in [-0.1, -0.05) is 39.1 Å². The Bertz CT molecular complexity index is 552. The van der Waals surface area contributed by atoms with E-state index in [4.69, 9.17) is 27.9 Å². The molecular formula is C15H19BrCl2N2O2. The molecular weight excluding hydrogens is 391 g/mol. The van der Waals surface area contributed by atoms with Gasteiger partial charge in [-0.3, -0.25) is 0 Å². The van der Waals surface area contributed by atoms with E-state index in [9.17, 15) is 4.79 Å². The molecule has 1 aromatic rings. The standard InChI is InChI=1S/C15H19BrCl2N2O2/c1-15(2,3)22-14(21)20-5-4-10(8-20)19-13-11(17)6-9(16)7-12(13)18/h6-7,10,19H,4-5,8H2,1-3H3. The number of anilines is 1. The van der Waals surface area contributed by atoms with Crippen molar-refractivity contribution in [3.8, 4) is 0 Å². The van der Waals surface area contributed by atoms with Crippen LogP contribution in [0.15, 0.2) is 16.6 Å². The smallest absolute Gasteiger partial charge is 0.410 e. The van der Waals surface area contributed by atoms with E-state index in [1.807, 2.05) is 20.8 Å². The Morgan fingerprint density at radius 1 is 1.36 bits per heavy atom. The zero-order chi connectivity index (χ0) is 16.5. The molecule has 0 spiro atoms. The highest BCUT2D eigenvalue weighted by Crippen LogP contribution is 2.35. The predicted octanol–water partition coefficient (Wildman–Crippen LogP) is 5.18. The number of likely N-dealkylation sites (tertiary alicyclic amines) is 1. The molecule has 1 amide bonds. The third-order valence-corrected chi connectivity index (χ3v) is 4.25. The molecule has 7 heteroatoms. The Labute approximate surface area is 149 Å². The second-order valence-corrected chi connectivity index (χ2v) is 8.03. The van der Waals surface area contributed by atoms with Gasteiger partial charge in [0, 0.05) is 23.6 Å². The van der Waals surface area contributed by atoms with Crippen LogP contribution in [0.3, 0.4) is 0 Å². The minimum absolute atomic E-state index is 0.101. The molecule has 0 saturated carbocycles. The van der Waals surface area contributed by atoms with Crippen molar-refractivity contribution in [2.45, 2.75) is 38.8 Å². The molecule has 4 nitrogen and oxygen atoms in total. The van der Waals surface area contributed by atoms with Gasteiger partial charge in [0.05, 0.1) is 15.7 Å². The summed E-state index contributed by atoms with van der Waals surface area (Å²) in [5.74, 6) is 0. The second-order valence-electron chi connectivity index (χ2n) is 6.30. The van der Waals surface area contributed by atoms with Gasteiger partial charge in [-0.25, -0.2) is 4.79 Å². The summed E-state index contributed by atoms with van der Waals surface area (Å²) in [5, 5.41) is 4.42. The van der Waals surface area contributed by atoms with Gasteiger partial charge in [-0.05, 0) is 39.3 Å². The summed E-state index contributed by atoms with van der Waals surface area (Å²) in [7, 11) is 0. The van der Waals surface area contributed by atoms with Crippen LogP contribution in [0.4, 0.5) is 10.5 Å². The zero-order valence-corrected chi connectivity index (χ0v) is 15.8. The van der Waals surface area contributed by atoms with Gasteiger partial charge in [-0.15, -0.1) is 0 Å². The highest BCUT2D eigenvalue weighted by atomic mass is 79.9. The molecule has 1 saturated heterocycles. The summed E-state index contributed by atoms with van der Waals surface area (Å²) >= 11 is 15.8. The van der Waals surface area contributed by atoms with Gasteiger partial charge >= 0.3 is 6.09 Å². The molecule has 1 aliphatic rings. The maximum atomic E-state index is 12.1. The lowest BCUT2D eigenvalue weighted by molar-refractivity contribution is 0.0293. The lowest BCUT2D eigenvalue weighted by Crippen LogP contribution is -2.36.